The lowest BCUT2D eigenvalue weighted by Crippen LogP contribution is -2.00. The molecule has 6 heteroatoms. The zero-order valence-electron chi connectivity index (χ0n) is 16.5. The number of nitrogens with zero attached hydrogens (tertiary/aromatic N) is 1. The smallest absolute Gasteiger partial charge is 0.178 e. The van der Waals surface area contributed by atoms with E-state index in [1.54, 1.807) is 60.7 Å². The third-order valence-electron chi connectivity index (χ3n) is 4.76. The summed E-state index contributed by atoms with van der Waals surface area (Å²) in [7, 11) is 0. The summed E-state index contributed by atoms with van der Waals surface area (Å²) in [6.45, 7) is 0. The van der Waals surface area contributed by atoms with Crippen molar-refractivity contribution in [3.63, 3.8) is 0 Å². The van der Waals surface area contributed by atoms with Crippen LogP contribution in [-0.2, 0) is 11.2 Å². The first kappa shape index (κ1) is 20.0. The molecule has 3 aromatic carbocycles. The van der Waals surface area contributed by atoms with Gasteiger partial charge in [-0.3, -0.25) is 4.79 Å². The molecule has 0 amide bonds. The monoisotopic (exact) mass is 412 g/mol. The Morgan fingerprint density at radius 1 is 0.774 bits per heavy atom. The third-order valence-corrected chi connectivity index (χ3v) is 4.76. The Bertz CT molecular complexity index is 1190. The van der Waals surface area contributed by atoms with E-state index < -0.39 is 0 Å². The van der Waals surface area contributed by atoms with Crippen LogP contribution in [0.5, 0.6) is 17.2 Å². The highest BCUT2D eigenvalue weighted by Gasteiger charge is 2.12. The Kier molecular flexibility index (Phi) is 5.53. The second kappa shape index (κ2) is 8.59. The number of ketones is 1. The van der Waals surface area contributed by atoms with Crippen molar-refractivity contribution in [2.45, 2.75) is 6.42 Å². The Morgan fingerprint density at radius 2 is 1.39 bits per heavy atom. The van der Waals surface area contributed by atoms with E-state index in [-0.39, 0.29) is 23.0 Å². The van der Waals surface area contributed by atoms with Crippen molar-refractivity contribution in [1.82, 2.24) is 0 Å². The minimum absolute atomic E-state index is 0.0516. The minimum Gasteiger partial charge on any atom is -0.508 e. The molecule has 0 bridgehead atoms. The molecule has 0 aromatic heterocycles. The Labute approximate surface area is 179 Å². The maximum absolute atomic E-state index is 11.4. The van der Waals surface area contributed by atoms with E-state index in [1.165, 1.54) is 12.2 Å². The molecule has 0 atom stereocenters. The average molecular weight is 412 g/mol. The first-order valence-electron chi connectivity index (χ1n) is 9.65. The van der Waals surface area contributed by atoms with Crippen LogP contribution in [0.15, 0.2) is 90.0 Å². The van der Waals surface area contributed by atoms with Gasteiger partial charge < -0.3 is 20.6 Å². The predicted molar refractivity (Wildman–Crippen MR) is 121 cm³/mol. The zero-order chi connectivity index (χ0) is 21.8. The highest BCUT2D eigenvalue weighted by atomic mass is 16.3. The fourth-order valence-electron chi connectivity index (χ4n) is 3.16. The standard InChI is InChI=1S/C25H20N2O4/c28-20-7-1-16(2-8-20)13-17-14-25(31)24(27-19-5-11-22(30)12-6-19)15-23(17)26-18-3-9-21(29)10-4-18/h1-12,14-15,27-28,30-31H,13H2. The molecule has 3 aromatic rings. The van der Waals surface area contributed by atoms with E-state index >= 15 is 0 Å². The molecule has 0 unspecified atom stereocenters. The maximum atomic E-state index is 11.4. The lowest BCUT2D eigenvalue weighted by atomic mass is 10.0. The van der Waals surface area contributed by atoms with Gasteiger partial charge in [0.2, 0.25) is 0 Å². The number of aliphatic imine (C=N–C) groups is 1. The first-order chi connectivity index (χ1) is 15.0. The summed E-state index contributed by atoms with van der Waals surface area (Å²) in [4.78, 5) is 16.1. The summed E-state index contributed by atoms with van der Waals surface area (Å²) in [5.41, 5.74) is 4.13. The minimum atomic E-state index is -0.0938. The molecule has 6 nitrogen and oxygen atoms in total. The molecular formula is C25H20N2O4. The van der Waals surface area contributed by atoms with Crippen molar-refractivity contribution in [2.24, 2.45) is 4.99 Å². The molecule has 4 N–H and O–H groups in total. The SMILES string of the molecule is O=C1C=CC(=Nc2cc(Nc3ccc(O)cc3)c(O)cc2Cc2ccc(O)cc2)C=C1. The number of carbonyl (C=O) groups is 1. The van der Waals surface area contributed by atoms with Gasteiger partial charge in [0.25, 0.3) is 0 Å². The van der Waals surface area contributed by atoms with Crippen LogP contribution in [0.1, 0.15) is 11.1 Å². The summed E-state index contributed by atoms with van der Waals surface area (Å²) in [6, 6.07) is 16.7. The molecule has 0 saturated heterocycles. The maximum Gasteiger partial charge on any atom is 0.178 e. The van der Waals surface area contributed by atoms with E-state index in [1.807, 2.05) is 12.1 Å². The number of carbonyl (C=O) groups excluding carboxylic acids is 1. The third kappa shape index (κ3) is 5.00. The summed E-state index contributed by atoms with van der Waals surface area (Å²) in [5, 5.41) is 32.7. The number of nitrogens with one attached hydrogen (secondary N) is 1. The van der Waals surface area contributed by atoms with Crippen molar-refractivity contribution < 1.29 is 20.1 Å². The molecular weight excluding hydrogens is 392 g/mol. The molecule has 0 radical (unpaired) electrons. The van der Waals surface area contributed by atoms with Gasteiger partial charge in [-0.25, -0.2) is 4.99 Å². The van der Waals surface area contributed by atoms with Crippen LogP contribution in [0.4, 0.5) is 17.1 Å². The van der Waals surface area contributed by atoms with Gasteiger partial charge in [0, 0.05) is 5.69 Å². The normalized spacial score (nSPS) is 12.8. The van der Waals surface area contributed by atoms with Crippen molar-refractivity contribution >= 4 is 28.6 Å². The van der Waals surface area contributed by atoms with Gasteiger partial charge >= 0.3 is 0 Å². The summed E-state index contributed by atoms with van der Waals surface area (Å²) >= 11 is 0. The molecule has 0 aliphatic heterocycles. The van der Waals surface area contributed by atoms with Crippen LogP contribution in [0.25, 0.3) is 0 Å². The van der Waals surface area contributed by atoms with Crippen molar-refractivity contribution in [1.29, 1.82) is 0 Å². The van der Waals surface area contributed by atoms with E-state index in [9.17, 15) is 20.1 Å². The summed E-state index contributed by atoms with van der Waals surface area (Å²) in [6.07, 6.45) is 6.69. The molecule has 0 saturated carbocycles. The van der Waals surface area contributed by atoms with E-state index in [4.69, 9.17) is 0 Å². The number of anilines is 2. The molecule has 1 aliphatic rings. The molecule has 31 heavy (non-hydrogen) atoms. The molecule has 1 aliphatic carbocycles. The lowest BCUT2D eigenvalue weighted by Gasteiger charge is -2.14. The van der Waals surface area contributed by atoms with E-state index in [0.29, 0.717) is 29.2 Å². The Balaban J connectivity index is 1.73. The van der Waals surface area contributed by atoms with Gasteiger partial charge in [-0.1, -0.05) is 12.1 Å². The average Bonchev–Trinajstić information content (AvgIpc) is 2.76. The Hall–Kier alpha value is -4.32. The number of rotatable bonds is 5. The van der Waals surface area contributed by atoms with E-state index in [2.05, 4.69) is 10.3 Å². The van der Waals surface area contributed by atoms with Gasteiger partial charge in [0.15, 0.2) is 5.78 Å². The van der Waals surface area contributed by atoms with Gasteiger partial charge in [0.05, 0.1) is 17.1 Å². The van der Waals surface area contributed by atoms with E-state index in [0.717, 1.165) is 11.1 Å². The summed E-state index contributed by atoms with van der Waals surface area (Å²) in [5.74, 6) is 0.290. The molecule has 0 fully saturated rings. The van der Waals surface area contributed by atoms with Crippen molar-refractivity contribution in [2.75, 3.05) is 5.32 Å². The number of phenols is 3. The van der Waals surface area contributed by atoms with Gasteiger partial charge in [-0.15, -0.1) is 0 Å². The fourth-order valence-corrected chi connectivity index (χ4v) is 3.16. The summed E-state index contributed by atoms with van der Waals surface area (Å²) < 4.78 is 0. The van der Waals surface area contributed by atoms with Crippen LogP contribution in [-0.4, -0.2) is 26.8 Å². The molecule has 154 valence electrons. The van der Waals surface area contributed by atoms with Gasteiger partial charge in [-0.05, 0) is 90.4 Å². The number of phenolic OH excluding ortho intramolecular Hbond substituents is 3. The number of hydrogen-bond donors (Lipinski definition) is 4. The van der Waals surface area contributed by atoms with Gasteiger partial charge in [-0.2, -0.15) is 0 Å². The van der Waals surface area contributed by atoms with Crippen LogP contribution in [0, 0.1) is 0 Å². The van der Waals surface area contributed by atoms with Crippen molar-refractivity contribution in [3.8, 4) is 17.2 Å². The van der Waals surface area contributed by atoms with Crippen molar-refractivity contribution in [3.05, 3.63) is 96.1 Å². The van der Waals surface area contributed by atoms with Crippen LogP contribution < -0.4 is 5.32 Å². The second-order valence-electron chi connectivity index (χ2n) is 7.12. The number of aromatic hydroxyl groups is 3. The zero-order valence-corrected chi connectivity index (χ0v) is 16.5. The van der Waals surface area contributed by atoms with Crippen LogP contribution in [0.3, 0.4) is 0 Å². The number of hydrogen-bond acceptors (Lipinski definition) is 6. The van der Waals surface area contributed by atoms with Gasteiger partial charge in [0.1, 0.15) is 17.2 Å². The molecule has 4 rings (SSSR count). The second-order valence-corrected chi connectivity index (χ2v) is 7.12. The molecule has 0 heterocycles. The molecule has 0 spiro atoms. The Morgan fingerprint density at radius 3 is 2.03 bits per heavy atom. The largest absolute Gasteiger partial charge is 0.508 e. The number of benzene rings is 3. The highest BCUT2D eigenvalue weighted by molar-refractivity contribution is 6.17. The number of allylic oxidation sites excluding steroid dienone is 4. The fraction of sp³-hybridized carbons (Fsp3) is 0.0400. The topological polar surface area (TPSA) is 102 Å². The quantitative estimate of drug-likeness (QED) is 0.271. The first-order valence-corrected chi connectivity index (χ1v) is 9.65. The predicted octanol–water partition coefficient (Wildman–Crippen LogP) is 4.91. The van der Waals surface area contributed by atoms with Crippen LogP contribution in [0.2, 0.25) is 0 Å². The lowest BCUT2D eigenvalue weighted by molar-refractivity contribution is -0.110. The highest BCUT2D eigenvalue weighted by Crippen LogP contribution is 2.36. The van der Waals surface area contributed by atoms with Crippen LogP contribution >= 0.6 is 0 Å².